The zero-order chi connectivity index (χ0) is 25.7. The molecule has 9 nitrogen and oxygen atoms in total. The maximum Gasteiger partial charge on any atom is 0.343 e. The van der Waals surface area contributed by atoms with Gasteiger partial charge in [0.1, 0.15) is 17.1 Å². The molecule has 0 bridgehead atoms. The molecule has 4 rings (SSSR count). The predicted molar refractivity (Wildman–Crippen MR) is 137 cm³/mol. The average Bonchev–Trinajstić information content (AvgIpc) is 3.52. The molecule has 3 aromatic rings. The van der Waals surface area contributed by atoms with Gasteiger partial charge in [0.05, 0.1) is 25.5 Å². The molecule has 0 atom stereocenters. The van der Waals surface area contributed by atoms with Gasteiger partial charge in [0, 0.05) is 30.7 Å². The van der Waals surface area contributed by atoms with Crippen LogP contribution in [0.3, 0.4) is 0 Å². The molecule has 36 heavy (non-hydrogen) atoms. The van der Waals surface area contributed by atoms with Gasteiger partial charge in [-0.1, -0.05) is 31.2 Å². The summed E-state index contributed by atoms with van der Waals surface area (Å²) in [6.07, 6.45) is 3.67. The number of benzene rings is 1. The first-order valence-corrected chi connectivity index (χ1v) is 12.4. The molecular weight excluding hydrogens is 460 g/mol. The number of H-pyrrole nitrogens is 1. The maximum atomic E-state index is 13.6. The van der Waals surface area contributed by atoms with Crippen molar-refractivity contribution in [2.24, 2.45) is 11.8 Å². The number of carbonyl (C=O) groups is 2. The molecule has 0 saturated heterocycles. The lowest BCUT2D eigenvalue weighted by molar-refractivity contribution is -0.123. The number of anilines is 2. The van der Waals surface area contributed by atoms with Gasteiger partial charge in [-0.3, -0.25) is 14.8 Å². The number of nitrogens with two attached hydrogens (primary N) is 1. The van der Waals surface area contributed by atoms with E-state index in [-0.39, 0.29) is 36.4 Å². The third kappa shape index (κ3) is 5.62. The molecule has 192 valence electrons. The Hall–Kier alpha value is -3.59. The molecule has 1 saturated carbocycles. The van der Waals surface area contributed by atoms with Gasteiger partial charge in [0.15, 0.2) is 0 Å². The molecule has 0 radical (unpaired) electrons. The first-order chi connectivity index (χ1) is 17.4. The van der Waals surface area contributed by atoms with Crippen molar-refractivity contribution >= 4 is 23.6 Å². The average molecular weight is 495 g/mol. The van der Waals surface area contributed by atoms with Crippen LogP contribution in [-0.4, -0.2) is 48.9 Å². The number of furan rings is 1. The lowest BCUT2D eigenvalue weighted by atomic mass is 9.82. The molecule has 0 aliphatic heterocycles. The number of carbonyl (C=O) groups excluding carboxylic acids is 2. The van der Waals surface area contributed by atoms with Crippen LogP contribution in [0.15, 0.2) is 40.8 Å². The number of nitrogens with zero attached hydrogens (tertiary/aromatic N) is 2. The standard InChI is InChI=1S/C27H34N4O5/c1-4-35-27(33)21-15-23(19-11-9-18(10-12-19)22-16-24(28)30-29-22)36-26(21)31(13-14-34-3)25(32)20-7-5-17(2)6-8-20/h9-12,15-17,20H,4-8,13-14H2,1-3H3,(H3,28,29,30). The van der Waals surface area contributed by atoms with Crippen molar-refractivity contribution in [2.45, 2.75) is 39.5 Å². The summed E-state index contributed by atoms with van der Waals surface area (Å²) >= 11 is 0. The van der Waals surface area contributed by atoms with E-state index in [2.05, 4.69) is 17.1 Å². The lowest BCUT2D eigenvalue weighted by Gasteiger charge is -2.30. The first kappa shape index (κ1) is 25.5. The summed E-state index contributed by atoms with van der Waals surface area (Å²) in [6, 6.07) is 11.0. The van der Waals surface area contributed by atoms with Crippen LogP contribution < -0.4 is 10.6 Å². The number of rotatable bonds is 9. The maximum absolute atomic E-state index is 13.6. The molecule has 0 unspecified atom stereocenters. The number of aromatic nitrogens is 2. The van der Waals surface area contributed by atoms with Gasteiger partial charge in [-0.2, -0.15) is 5.10 Å². The number of methoxy groups -OCH3 is 1. The van der Waals surface area contributed by atoms with E-state index in [0.717, 1.165) is 42.5 Å². The second-order valence-corrected chi connectivity index (χ2v) is 9.27. The predicted octanol–water partition coefficient (Wildman–Crippen LogP) is 4.90. The topological polar surface area (TPSA) is 124 Å². The summed E-state index contributed by atoms with van der Waals surface area (Å²) in [5, 5.41) is 6.85. The number of hydrogen-bond donors (Lipinski definition) is 2. The third-order valence-electron chi connectivity index (χ3n) is 6.68. The van der Waals surface area contributed by atoms with Crippen LogP contribution in [-0.2, 0) is 14.3 Å². The molecule has 3 N–H and O–H groups in total. The molecule has 2 aromatic heterocycles. The van der Waals surface area contributed by atoms with Crippen molar-refractivity contribution in [3.8, 4) is 22.6 Å². The monoisotopic (exact) mass is 494 g/mol. The Kier molecular flexibility index (Phi) is 8.10. The van der Waals surface area contributed by atoms with Crippen LogP contribution in [0.5, 0.6) is 0 Å². The fourth-order valence-electron chi connectivity index (χ4n) is 4.60. The molecule has 1 aliphatic carbocycles. The minimum Gasteiger partial charge on any atom is -0.462 e. The zero-order valence-electron chi connectivity index (χ0n) is 21.1. The summed E-state index contributed by atoms with van der Waals surface area (Å²) in [5.41, 5.74) is 8.40. The van der Waals surface area contributed by atoms with Crippen molar-refractivity contribution in [3.63, 3.8) is 0 Å². The Morgan fingerprint density at radius 2 is 1.83 bits per heavy atom. The summed E-state index contributed by atoms with van der Waals surface area (Å²) < 4.78 is 16.8. The van der Waals surface area contributed by atoms with Gasteiger partial charge in [-0.05, 0) is 44.1 Å². The SMILES string of the molecule is CCOC(=O)c1cc(-c2ccc(-c3cc(N)n[nH]3)cc2)oc1N(CCOC)C(=O)C1CCC(C)CC1. The molecule has 1 aromatic carbocycles. The third-order valence-corrected chi connectivity index (χ3v) is 6.68. The highest BCUT2D eigenvalue weighted by Crippen LogP contribution is 2.36. The lowest BCUT2D eigenvalue weighted by Crippen LogP contribution is -2.40. The Bertz CT molecular complexity index is 1180. The molecule has 1 aliphatic rings. The summed E-state index contributed by atoms with van der Waals surface area (Å²) in [6.45, 7) is 4.77. The van der Waals surface area contributed by atoms with Crippen LogP contribution in [0.1, 0.15) is 49.9 Å². The van der Waals surface area contributed by atoms with Gasteiger partial charge in [0.25, 0.3) is 0 Å². The fraction of sp³-hybridized carbons (Fsp3) is 0.444. The quantitative estimate of drug-likeness (QED) is 0.405. The van der Waals surface area contributed by atoms with Crippen LogP contribution in [0.4, 0.5) is 11.7 Å². The zero-order valence-corrected chi connectivity index (χ0v) is 21.1. The van der Waals surface area contributed by atoms with E-state index < -0.39 is 5.97 Å². The van der Waals surface area contributed by atoms with E-state index in [1.165, 1.54) is 0 Å². The highest BCUT2D eigenvalue weighted by atomic mass is 16.5. The van der Waals surface area contributed by atoms with Crippen LogP contribution in [0, 0.1) is 11.8 Å². The smallest absolute Gasteiger partial charge is 0.343 e. The summed E-state index contributed by atoms with van der Waals surface area (Å²) in [7, 11) is 1.58. The Balaban J connectivity index is 1.68. The minimum absolute atomic E-state index is 0.0439. The number of aromatic amines is 1. The largest absolute Gasteiger partial charge is 0.462 e. The van der Waals surface area contributed by atoms with E-state index in [1.807, 2.05) is 24.3 Å². The van der Waals surface area contributed by atoms with E-state index in [0.29, 0.717) is 24.1 Å². The highest BCUT2D eigenvalue weighted by molar-refractivity contribution is 6.02. The van der Waals surface area contributed by atoms with Gasteiger partial charge >= 0.3 is 5.97 Å². The minimum atomic E-state index is -0.528. The molecule has 1 amide bonds. The first-order valence-electron chi connectivity index (χ1n) is 12.4. The fourth-order valence-corrected chi connectivity index (χ4v) is 4.60. The number of nitrogens with one attached hydrogen (secondary N) is 1. The number of esters is 1. The number of amides is 1. The van der Waals surface area contributed by atoms with Crippen molar-refractivity contribution < 1.29 is 23.5 Å². The van der Waals surface area contributed by atoms with Crippen molar-refractivity contribution in [1.82, 2.24) is 10.2 Å². The molecule has 9 heteroatoms. The van der Waals surface area contributed by atoms with E-state index in [1.54, 1.807) is 31.1 Å². The highest BCUT2D eigenvalue weighted by Gasteiger charge is 2.33. The Labute approximate surface area is 210 Å². The van der Waals surface area contributed by atoms with Crippen molar-refractivity contribution in [1.29, 1.82) is 0 Å². The normalized spacial score (nSPS) is 17.6. The van der Waals surface area contributed by atoms with Crippen molar-refractivity contribution in [2.75, 3.05) is 37.5 Å². The molecular formula is C27H34N4O5. The van der Waals surface area contributed by atoms with Crippen LogP contribution in [0.25, 0.3) is 22.6 Å². The Morgan fingerprint density at radius 1 is 1.14 bits per heavy atom. The van der Waals surface area contributed by atoms with E-state index in [9.17, 15) is 9.59 Å². The van der Waals surface area contributed by atoms with E-state index in [4.69, 9.17) is 19.6 Å². The van der Waals surface area contributed by atoms with Crippen LogP contribution in [0.2, 0.25) is 0 Å². The molecule has 2 heterocycles. The molecule has 1 fully saturated rings. The number of nitrogen functional groups attached to an aromatic ring is 1. The Morgan fingerprint density at radius 3 is 2.44 bits per heavy atom. The van der Waals surface area contributed by atoms with Gasteiger partial charge in [0.2, 0.25) is 11.8 Å². The van der Waals surface area contributed by atoms with Gasteiger partial charge in [-0.15, -0.1) is 0 Å². The van der Waals surface area contributed by atoms with Crippen molar-refractivity contribution in [3.05, 3.63) is 42.0 Å². The second-order valence-electron chi connectivity index (χ2n) is 9.27. The summed E-state index contributed by atoms with van der Waals surface area (Å²) in [4.78, 5) is 28.1. The van der Waals surface area contributed by atoms with E-state index >= 15 is 0 Å². The summed E-state index contributed by atoms with van der Waals surface area (Å²) in [5.74, 6) is 1.02. The van der Waals surface area contributed by atoms with Gasteiger partial charge < -0.3 is 19.6 Å². The molecule has 0 spiro atoms. The number of hydrogen-bond acceptors (Lipinski definition) is 7. The number of ether oxygens (including phenoxy) is 2. The second kappa shape index (κ2) is 11.4. The van der Waals surface area contributed by atoms with Crippen LogP contribution >= 0.6 is 0 Å². The van der Waals surface area contributed by atoms with Gasteiger partial charge in [-0.25, -0.2) is 4.79 Å².